The molecule has 0 unspecified atom stereocenters. The van der Waals surface area contributed by atoms with Gasteiger partial charge in [0.2, 0.25) is 0 Å². The maximum Gasteiger partial charge on any atom is 0.191 e. The van der Waals surface area contributed by atoms with Gasteiger partial charge in [0.25, 0.3) is 0 Å². The maximum absolute atomic E-state index is 13.0. The van der Waals surface area contributed by atoms with Gasteiger partial charge in [0.1, 0.15) is 0 Å². The monoisotopic (exact) mass is 165 g/mol. The van der Waals surface area contributed by atoms with Gasteiger partial charge in [0.15, 0.2) is 11.5 Å². The number of halogens is 1. The van der Waals surface area contributed by atoms with E-state index in [1.807, 2.05) is 19.9 Å². The zero-order valence-corrected chi connectivity index (χ0v) is 6.87. The second-order valence-electron chi connectivity index (χ2n) is 2.77. The molecule has 0 bridgehead atoms. The van der Waals surface area contributed by atoms with Crippen molar-refractivity contribution in [2.24, 2.45) is 0 Å². The summed E-state index contributed by atoms with van der Waals surface area (Å²) in [7, 11) is 0. The van der Waals surface area contributed by atoms with E-state index in [9.17, 15) is 4.39 Å². The van der Waals surface area contributed by atoms with Crippen LogP contribution in [0.2, 0.25) is 0 Å². The number of nitrogens with zero attached hydrogens (tertiary/aromatic N) is 3. The summed E-state index contributed by atoms with van der Waals surface area (Å²) in [5.41, 5.74) is 1.99. The third-order valence-corrected chi connectivity index (χ3v) is 1.73. The Morgan fingerprint density at radius 2 is 2.17 bits per heavy atom. The molecule has 0 saturated carbocycles. The highest BCUT2D eigenvalue weighted by Gasteiger charge is 2.06. The van der Waals surface area contributed by atoms with Crippen molar-refractivity contribution in [2.45, 2.75) is 13.8 Å². The molecule has 0 radical (unpaired) electrons. The van der Waals surface area contributed by atoms with Crippen LogP contribution in [0.4, 0.5) is 4.39 Å². The molecule has 2 aromatic heterocycles. The molecule has 0 aliphatic heterocycles. The van der Waals surface area contributed by atoms with Crippen molar-refractivity contribution in [3.8, 4) is 0 Å². The summed E-state index contributed by atoms with van der Waals surface area (Å²) in [5, 5.41) is 3.84. The van der Waals surface area contributed by atoms with Crippen LogP contribution in [0.3, 0.4) is 0 Å². The summed E-state index contributed by atoms with van der Waals surface area (Å²) in [6, 6.07) is 1.86. The largest absolute Gasteiger partial charge is 0.231 e. The standard InChI is InChI=1S/C8H8FN3/c1-5-3-6(2)12-8(11-5)7(9)4-10-12/h3-4H,1-2H3. The van der Waals surface area contributed by atoms with Crippen LogP contribution >= 0.6 is 0 Å². The second kappa shape index (κ2) is 2.27. The van der Waals surface area contributed by atoms with Gasteiger partial charge in [-0.15, -0.1) is 0 Å². The van der Waals surface area contributed by atoms with Crippen LogP contribution in [-0.2, 0) is 0 Å². The fourth-order valence-electron chi connectivity index (χ4n) is 1.24. The van der Waals surface area contributed by atoms with E-state index >= 15 is 0 Å². The Morgan fingerprint density at radius 1 is 1.42 bits per heavy atom. The van der Waals surface area contributed by atoms with Gasteiger partial charge in [0.05, 0.1) is 6.20 Å². The smallest absolute Gasteiger partial charge is 0.191 e. The summed E-state index contributed by atoms with van der Waals surface area (Å²) in [6.07, 6.45) is 1.18. The van der Waals surface area contributed by atoms with Gasteiger partial charge in [-0.2, -0.15) is 5.10 Å². The van der Waals surface area contributed by atoms with E-state index in [2.05, 4.69) is 10.1 Å². The Hall–Kier alpha value is -1.45. The highest BCUT2D eigenvalue weighted by Crippen LogP contribution is 2.09. The molecule has 0 aromatic carbocycles. The van der Waals surface area contributed by atoms with E-state index in [0.29, 0.717) is 5.65 Å². The molecule has 62 valence electrons. The average molecular weight is 165 g/mol. The van der Waals surface area contributed by atoms with Crippen molar-refractivity contribution in [2.75, 3.05) is 0 Å². The van der Waals surface area contributed by atoms with Gasteiger partial charge in [0, 0.05) is 11.4 Å². The summed E-state index contributed by atoms with van der Waals surface area (Å²) in [5.74, 6) is -0.373. The van der Waals surface area contributed by atoms with Crippen molar-refractivity contribution in [1.29, 1.82) is 0 Å². The number of fused-ring (bicyclic) bond motifs is 1. The van der Waals surface area contributed by atoms with Crippen molar-refractivity contribution < 1.29 is 4.39 Å². The third kappa shape index (κ3) is 0.879. The normalized spacial score (nSPS) is 10.9. The summed E-state index contributed by atoms with van der Waals surface area (Å²) < 4.78 is 14.4. The van der Waals surface area contributed by atoms with Crippen molar-refractivity contribution in [3.63, 3.8) is 0 Å². The number of rotatable bonds is 0. The minimum atomic E-state index is -0.373. The Labute approximate surface area is 68.9 Å². The van der Waals surface area contributed by atoms with Crippen LogP contribution < -0.4 is 0 Å². The Balaban J connectivity index is 2.92. The van der Waals surface area contributed by atoms with E-state index in [1.54, 1.807) is 0 Å². The number of aryl methyl sites for hydroxylation is 2. The van der Waals surface area contributed by atoms with E-state index < -0.39 is 0 Å². The second-order valence-corrected chi connectivity index (χ2v) is 2.77. The lowest BCUT2D eigenvalue weighted by Crippen LogP contribution is -1.97. The number of hydrogen-bond acceptors (Lipinski definition) is 2. The lowest BCUT2D eigenvalue weighted by atomic mass is 10.3. The zero-order valence-electron chi connectivity index (χ0n) is 6.87. The lowest BCUT2D eigenvalue weighted by molar-refractivity contribution is 0.635. The molecule has 0 aliphatic carbocycles. The van der Waals surface area contributed by atoms with Gasteiger partial charge in [-0.3, -0.25) is 0 Å². The molecule has 0 amide bonds. The number of aromatic nitrogens is 3. The van der Waals surface area contributed by atoms with E-state index in [-0.39, 0.29) is 5.82 Å². The molecule has 0 spiro atoms. The topological polar surface area (TPSA) is 30.2 Å². The molecule has 12 heavy (non-hydrogen) atoms. The zero-order chi connectivity index (χ0) is 8.72. The third-order valence-electron chi connectivity index (χ3n) is 1.73. The summed E-state index contributed by atoms with van der Waals surface area (Å²) in [6.45, 7) is 3.70. The van der Waals surface area contributed by atoms with Gasteiger partial charge in [-0.25, -0.2) is 13.9 Å². The molecule has 0 fully saturated rings. The molecular weight excluding hydrogens is 157 g/mol. The van der Waals surface area contributed by atoms with E-state index in [1.165, 1.54) is 10.7 Å². The molecule has 0 atom stereocenters. The first kappa shape index (κ1) is 7.21. The number of hydrogen-bond donors (Lipinski definition) is 0. The quantitative estimate of drug-likeness (QED) is 0.592. The first-order chi connectivity index (χ1) is 5.68. The van der Waals surface area contributed by atoms with Gasteiger partial charge < -0.3 is 0 Å². The van der Waals surface area contributed by atoms with Gasteiger partial charge >= 0.3 is 0 Å². The molecule has 2 heterocycles. The Kier molecular flexibility index (Phi) is 1.36. The molecule has 4 heteroatoms. The van der Waals surface area contributed by atoms with Crippen LogP contribution in [0.1, 0.15) is 11.4 Å². The summed E-state index contributed by atoms with van der Waals surface area (Å²) >= 11 is 0. The molecule has 0 aliphatic rings. The minimum Gasteiger partial charge on any atom is -0.231 e. The van der Waals surface area contributed by atoms with Crippen LogP contribution in [-0.4, -0.2) is 14.6 Å². The van der Waals surface area contributed by atoms with Crippen LogP contribution in [0, 0.1) is 19.7 Å². The van der Waals surface area contributed by atoms with Gasteiger partial charge in [-0.1, -0.05) is 0 Å². The molecule has 2 rings (SSSR count). The molecule has 0 saturated heterocycles. The molecule has 2 aromatic rings. The van der Waals surface area contributed by atoms with Gasteiger partial charge in [-0.05, 0) is 19.9 Å². The van der Waals surface area contributed by atoms with Crippen LogP contribution in [0.15, 0.2) is 12.3 Å². The van der Waals surface area contributed by atoms with Crippen LogP contribution in [0.5, 0.6) is 0 Å². The average Bonchev–Trinajstić information content (AvgIpc) is 2.33. The predicted molar refractivity (Wildman–Crippen MR) is 42.4 cm³/mol. The summed E-state index contributed by atoms with van der Waals surface area (Å²) in [4.78, 5) is 4.02. The fraction of sp³-hybridized carbons (Fsp3) is 0.250. The highest BCUT2D eigenvalue weighted by atomic mass is 19.1. The van der Waals surface area contributed by atoms with E-state index in [0.717, 1.165) is 11.4 Å². The first-order valence-electron chi connectivity index (χ1n) is 3.66. The minimum absolute atomic E-state index is 0.299. The highest BCUT2D eigenvalue weighted by molar-refractivity contribution is 5.40. The fourth-order valence-corrected chi connectivity index (χ4v) is 1.24. The first-order valence-corrected chi connectivity index (χ1v) is 3.66. The molecule has 0 N–H and O–H groups in total. The van der Waals surface area contributed by atoms with Crippen LogP contribution in [0.25, 0.3) is 5.65 Å². The Morgan fingerprint density at radius 3 is 2.92 bits per heavy atom. The van der Waals surface area contributed by atoms with Crippen molar-refractivity contribution >= 4 is 5.65 Å². The molecular formula is C8H8FN3. The lowest BCUT2D eigenvalue weighted by Gasteiger charge is -1.98. The van der Waals surface area contributed by atoms with Crippen molar-refractivity contribution in [1.82, 2.24) is 14.6 Å². The van der Waals surface area contributed by atoms with E-state index in [4.69, 9.17) is 0 Å². The Bertz CT molecular complexity index is 433. The molecule has 3 nitrogen and oxygen atoms in total. The maximum atomic E-state index is 13.0. The van der Waals surface area contributed by atoms with Crippen molar-refractivity contribution in [3.05, 3.63) is 29.5 Å². The SMILES string of the molecule is Cc1cc(C)n2ncc(F)c2n1. The predicted octanol–water partition coefficient (Wildman–Crippen LogP) is 1.49.